The fourth-order valence-corrected chi connectivity index (χ4v) is 6.84. The SMILES string of the molecule is O=C(C(=O)[C@]12O[C@]3(c4ccc(Br)cc4)O[C@@]1(c1ccc(Br)cc1)OC(=O)[C@@]2(c1ccc(Br)cc1)O3)c1ccc(Br)cc1. The molecule has 7 rings (SSSR count). The van der Waals surface area contributed by atoms with Crippen LogP contribution in [0.25, 0.3) is 0 Å². The summed E-state index contributed by atoms with van der Waals surface area (Å²) in [6.07, 6.45) is 0. The van der Waals surface area contributed by atoms with E-state index in [4.69, 9.17) is 18.9 Å². The molecule has 11 heteroatoms. The molecule has 0 saturated carbocycles. The maximum atomic E-state index is 14.8. The van der Waals surface area contributed by atoms with Crippen molar-refractivity contribution in [3.05, 3.63) is 137 Å². The second kappa shape index (κ2) is 9.75. The number of carbonyl (C=O) groups is 3. The van der Waals surface area contributed by atoms with Crippen LogP contribution >= 0.6 is 63.7 Å². The summed E-state index contributed by atoms with van der Waals surface area (Å²) in [4.78, 5) is 43.2. The Balaban J connectivity index is 1.55. The number of benzene rings is 4. The Morgan fingerprint density at radius 1 is 0.548 bits per heavy atom. The zero-order valence-corrected chi connectivity index (χ0v) is 27.5. The molecule has 0 unspecified atom stereocenters. The van der Waals surface area contributed by atoms with Crippen molar-refractivity contribution in [1.29, 1.82) is 0 Å². The van der Waals surface area contributed by atoms with E-state index in [2.05, 4.69) is 63.7 Å². The van der Waals surface area contributed by atoms with Crippen molar-refractivity contribution >= 4 is 81.3 Å². The summed E-state index contributed by atoms with van der Waals surface area (Å²) in [5.74, 6) is -7.17. The van der Waals surface area contributed by atoms with Gasteiger partial charge in [-0.05, 0) is 78.4 Å². The second-order valence-electron chi connectivity index (χ2n) is 9.92. The first kappa shape index (κ1) is 28.3. The van der Waals surface area contributed by atoms with Gasteiger partial charge in [-0.1, -0.05) is 88.0 Å². The Bertz CT molecular complexity index is 1780. The van der Waals surface area contributed by atoms with E-state index in [9.17, 15) is 14.4 Å². The molecular formula is C31H16Br4O7. The van der Waals surface area contributed by atoms with E-state index in [0.29, 0.717) is 5.56 Å². The van der Waals surface area contributed by atoms with Crippen LogP contribution < -0.4 is 0 Å². The molecule has 4 aromatic rings. The van der Waals surface area contributed by atoms with Gasteiger partial charge in [0.15, 0.2) is 0 Å². The van der Waals surface area contributed by atoms with Crippen LogP contribution in [0.2, 0.25) is 0 Å². The quantitative estimate of drug-likeness (QED) is 0.114. The Hall–Kier alpha value is -2.51. The highest BCUT2D eigenvalue weighted by atomic mass is 79.9. The third-order valence-electron chi connectivity index (χ3n) is 7.64. The molecule has 2 bridgehead atoms. The number of halogens is 4. The Labute approximate surface area is 273 Å². The van der Waals surface area contributed by atoms with Crippen LogP contribution in [0.5, 0.6) is 0 Å². The number of fused-ring (bicyclic) bond motifs is 1. The summed E-state index contributed by atoms with van der Waals surface area (Å²) < 4.78 is 28.8. The maximum absolute atomic E-state index is 14.8. The zero-order chi connectivity index (χ0) is 29.5. The number of hydrogen-bond acceptors (Lipinski definition) is 7. The predicted octanol–water partition coefficient (Wildman–Crippen LogP) is 7.42. The smallest absolute Gasteiger partial charge is 0.350 e. The zero-order valence-electron chi connectivity index (χ0n) is 21.1. The lowest BCUT2D eigenvalue weighted by Gasteiger charge is -2.41. The number of rotatable bonds is 6. The molecule has 4 aromatic carbocycles. The second-order valence-corrected chi connectivity index (χ2v) is 13.6. The topological polar surface area (TPSA) is 88.1 Å². The highest BCUT2D eigenvalue weighted by Gasteiger charge is 2.95. The van der Waals surface area contributed by atoms with Crippen molar-refractivity contribution in [2.45, 2.75) is 23.0 Å². The van der Waals surface area contributed by atoms with Crippen LogP contribution in [-0.2, 0) is 45.9 Å². The summed E-state index contributed by atoms with van der Waals surface area (Å²) in [5.41, 5.74) is -3.64. The molecule has 0 N–H and O–H groups in total. The van der Waals surface area contributed by atoms with E-state index < -0.39 is 40.5 Å². The number of carbonyl (C=O) groups excluding carboxylic acids is 3. The minimum absolute atomic E-state index is 0.0953. The van der Waals surface area contributed by atoms with Gasteiger partial charge in [0.25, 0.3) is 11.4 Å². The molecule has 0 aromatic heterocycles. The van der Waals surface area contributed by atoms with Gasteiger partial charge in [-0.25, -0.2) is 4.79 Å². The fraction of sp³-hybridized carbons (Fsp3) is 0.129. The predicted molar refractivity (Wildman–Crippen MR) is 163 cm³/mol. The van der Waals surface area contributed by atoms with Crippen LogP contribution in [0, 0.1) is 0 Å². The molecule has 3 aliphatic heterocycles. The van der Waals surface area contributed by atoms with E-state index in [0.717, 1.165) is 17.9 Å². The van der Waals surface area contributed by atoms with Gasteiger partial charge in [-0.15, -0.1) is 0 Å². The molecule has 0 aliphatic carbocycles. The molecule has 3 saturated heterocycles. The number of hydrogen-bond donors (Lipinski definition) is 0. The molecule has 0 radical (unpaired) electrons. The third-order valence-corrected chi connectivity index (χ3v) is 9.76. The van der Waals surface area contributed by atoms with E-state index in [1.54, 1.807) is 84.9 Å². The van der Waals surface area contributed by atoms with E-state index >= 15 is 0 Å². The summed E-state index contributed by atoms with van der Waals surface area (Å²) in [6, 6.07) is 26.6. The van der Waals surface area contributed by atoms with Gasteiger partial charge < -0.3 is 4.74 Å². The average molecular weight is 820 g/mol. The van der Waals surface area contributed by atoms with E-state index in [1.165, 1.54) is 12.1 Å². The van der Waals surface area contributed by atoms with Gasteiger partial charge >= 0.3 is 11.9 Å². The fourth-order valence-electron chi connectivity index (χ4n) is 5.78. The number of esters is 1. The minimum Gasteiger partial charge on any atom is -0.422 e. The molecule has 7 nitrogen and oxygen atoms in total. The monoisotopic (exact) mass is 816 g/mol. The normalized spacial score (nSPS) is 29.0. The van der Waals surface area contributed by atoms with Crippen molar-refractivity contribution < 1.29 is 33.3 Å². The first-order valence-corrected chi connectivity index (χ1v) is 15.7. The van der Waals surface area contributed by atoms with Crippen molar-refractivity contribution in [3.63, 3.8) is 0 Å². The highest BCUT2D eigenvalue weighted by molar-refractivity contribution is 9.11. The molecule has 0 spiro atoms. The van der Waals surface area contributed by atoms with Crippen molar-refractivity contribution in [1.82, 2.24) is 0 Å². The molecular weight excluding hydrogens is 804 g/mol. The van der Waals surface area contributed by atoms with Crippen molar-refractivity contribution in [2.75, 3.05) is 0 Å². The molecule has 3 heterocycles. The van der Waals surface area contributed by atoms with Gasteiger partial charge in [0.1, 0.15) is 0 Å². The number of Topliss-reactive ketones (excluding diaryl/α,β-unsaturated/α-hetero) is 2. The largest absolute Gasteiger partial charge is 0.422 e. The Kier molecular flexibility index (Phi) is 6.56. The Morgan fingerprint density at radius 2 is 1.00 bits per heavy atom. The summed E-state index contributed by atoms with van der Waals surface area (Å²) >= 11 is 13.6. The summed E-state index contributed by atoms with van der Waals surface area (Å²) in [6.45, 7) is 0. The van der Waals surface area contributed by atoms with Crippen molar-refractivity contribution in [3.8, 4) is 0 Å². The van der Waals surface area contributed by atoms with Gasteiger partial charge in [-0.3, -0.25) is 23.8 Å². The van der Waals surface area contributed by atoms with Crippen LogP contribution in [0.4, 0.5) is 0 Å². The summed E-state index contributed by atoms with van der Waals surface area (Å²) in [7, 11) is 0. The van der Waals surface area contributed by atoms with Crippen LogP contribution in [0.3, 0.4) is 0 Å². The lowest BCUT2D eigenvalue weighted by atomic mass is 9.69. The minimum atomic E-state index is -2.42. The standard InChI is InChI=1S/C31H16Br4O7/c32-21-9-1-17(2-10-21)25(36)26(37)29-28(18-3-11-22(33)12-4-18)27(38)39-30(29,19-5-13-23(34)14-6-19)42-31(40-28,41-29)20-7-15-24(35)16-8-20/h1-16H/t28-,29-,30-,31-/m1/s1. The van der Waals surface area contributed by atoms with Crippen LogP contribution in [-0.4, -0.2) is 23.1 Å². The average Bonchev–Trinajstić information content (AvgIpc) is 3.50. The van der Waals surface area contributed by atoms with E-state index in [-0.39, 0.29) is 16.7 Å². The lowest BCUT2D eigenvalue weighted by molar-refractivity contribution is -0.379. The van der Waals surface area contributed by atoms with Gasteiger partial charge in [0.05, 0.1) is 0 Å². The molecule has 4 atom stereocenters. The lowest BCUT2D eigenvalue weighted by Crippen LogP contribution is -2.65. The number of ether oxygens (including phenoxy) is 4. The number of ketones is 2. The molecule has 3 fully saturated rings. The maximum Gasteiger partial charge on any atom is 0.350 e. The molecule has 0 amide bonds. The summed E-state index contributed by atoms with van der Waals surface area (Å²) in [5, 5.41) is 0. The third kappa shape index (κ3) is 3.68. The highest BCUT2D eigenvalue weighted by Crippen LogP contribution is 2.74. The Morgan fingerprint density at radius 3 is 1.52 bits per heavy atom. The first-order chi connectivity index (χ1) is 20.1. The molecule has 3 aliphatic rings. The van der Waals surface area contributed by atoms with Crippen LogP contribution in [0.1, 0.15) is 27.0 Å². The van der Waals surface area contributed by atoms with Gasteiger partial charge in [-0.2, -0.15) is 0 Å². The van der Waals surface area contributed by atoms with Gasteiger partial charge in [0.2, 0.25) is 17.2 Å². The first-order valence-electron chi connectivity index (χ1n) is 12.5. The molecule has 42 heavy (non-hydrogen) atoms. The van der Waals surface area contributed by atoms with Crippen molar-refractivity contribution in [2.24, 2.45) is 0 Å². The van der Waals surface area contributed by atoms with E-state index in [1.807, 2.05) is 0 Å². The molecule has 210 valence electrons. The van der Waals surface area contributed by atoms with Gasteiger partial charge in [0, 0.05) is 34.6 Å². The van der Waals surface area contributed by atoms with Crippen LogP contribution in [0.15, 0.2) is 115 Å².